The van der Waals surface area contributed by atoms with Crippen LogP contribution in [0.15, 0.2) is 48.5 Å². The van der Waals surface area contributed by atoms with E-state index in [2.05, 4.69) is 27.7 Å². The fourth-order valence-corrected chi connectivity index (χ4v) is 3.79. The number of benzene rings is 2. The van der Waals surface area contributed by atoms with Crippen LogP contribution in [0, 0.1) is 0 Å². The Labute approximate surface area is 190 Å². The number of carbonyl (C=O) groups excluding carboxylic acids is 2. The van der Waals surface area contributed by atoms with E-state index in [0.717, 1.165) is 17.7 Å². The smallest absolute Gasteiger partial charge is 0.407 e. The minimum absolute atomic E-state index is 0.267. The normalized spacial score (nSPS) is 14.4. The number of methoxy groups -OCH3 is 1. The first-order chi connectivity index (χ1) is 15.3. The topological polar surface area (TPSA) is 79.9 Å². The highest BCUT2D eigenvalue weighted by molar-refractivity contribution is 5.78. The number of carbonyl (C=O) groups is 2. The van der Waals surface area contributed by atoms with E-state index >= 15 is 0 Å². The lowest BCUT2D eigenvalue weighted by Crippen LogP contribution is -2.33. The van der Waals surface area contributed by atoms with Crippen LogP contribution >= 0.6 is 0 Å². The summed E-state index contributed by atoms with van der Waals surface area (Å²) in [5.74, 6) is -0.267. The SMILES string of the molecule is COC(=O)[C@H](c1cccc(NCCCNC(=O)OC(C)(C)C)c1)N1Cc2ccccc2C1. The lowest BCUT2D eigenvalue weighted by molar-refractivity contribution is -0.147. The lowest BCUT2D eigenvalue weighted by atomic mass is 10.0. The molecule has 0 aromatic heterocycles. The van der Waals surface area contributed by atoms with Gasteiger partial charge in [-0.15, -0.1) is 0 Å². The summed E-state index contributed by atoms with van der Waals surface area (Å²) >= 11 is 0. The van der Waals surface area contributed by atoms with Gasteiger partial charge in [0.25, 0.3) is 0 Å². The minimum Gasteiger partial charge on any atom is -0.468 e. The molecule has 1 aliphatic heterocycles. The van der Waals surface area contributed by atoms with Crippen molar-refractivity contribution < 1.29 is 19.1 Å². The average molecular weight is 440 g/mol. The zero-order valence-electron chi connectivity index (χ0n) is 19.3. The van der Waals surface area contributed by atoms with Crippen LogP contribution in [-0.4, -0.2) is 42.8 Å². The van der Waals surface area contributed by atoms with Crippen LogP contribution in [0.4, 0.5) is 10.5 Å². The molecule has 2 aromatic rings. The molecule has 2 N–H and O–H groups in total. The molecule has 0 saturated heterocycles. The number of alkyl carbamates (subject to hydrolysis) is 1. The molecule has 2 aromatic carbocycles. The zero-order valence-corrected chi connectivity index (χ0v) is 19.3. The molecule has 32 heavy (non-hydrogen) atoms. The van der Waals surface area contributed by atoms with Crippen LogP contribution in [0.3, 0.4) is 0 Å². The van der Waals surface area contributed by atoms with Crippen LogP contribution < -0.4 is 10.6 Å². The maximum absolute atomic E-state index is 12.7. The van der Waals surface area contributed by atoms with Crippen LogP contribution in [0.2, 0.25) is 0 Å². The molecule has 1 heterocycles. The van der Waals surface area contributed by atoms with Crippen molar-refractivity contribution in [2.45, 2.75) is 51.9 Å². The van der Waals surface area contributed by atoms with Crippen molar-refractivity contribution in [1.82, 2.24) is 10.2 Å². The van der Waals surface area contributed by atoms with Crippen molar-refractivity contribution in [3.8, 4) is 0 Å². The maximum atomic E-state index is 12.7. The minimum atomic E-state index is -0.504. The van der Waals surface area contributed by atoms with Gasteiger partial charge in [-0.3, -0.25) is 4.90 Å². The Kier molecular flexibility index (Phi) is 7.75. The molecule has 0 saturated carbocycles. The van der Waals surface area contributed by atoms with Crippen molar-refractivity contribution in [2.75, 3.05) is 25.5 Å². The number of anilines is 1. The van der Waals surface area contributed by atoms with Crippen molar-refractivity contribution in [2.24, 2.45) is 0 Å². The summed E-state index contributed by atoms with van der Waals surface area (Å²) in [6.45, 7) is 8.13. The zero-order chi connectivity index (χ0) is 23.1. The number of amides is 1. The summed E-state index contributed by atoms with van der Waals surface area (Å²) in [6, 6.07) is 15.7. The first kappa shape index (κ1) is 23.6. The Hall–Kier alpha value is -3.06. The third-order valence-corrected chi connectivity index (χ3v) is 5.21. The summed E-state index contributed by atoms with van der Waals surface area (Å²) in [5, 5.41) is 6.12. The van der Waals surface area contributed by atoms with Crippen molar-refractivity contribution in [3.05, 3.63) is 65.2 Å². The molecular weight excluding hydrogens is 406 g/mol. The number of rotatable bonds is 8. The Bertz CT molecular complexity index is 914. The molecule has 0 bridgehead atoms. The van der Waals surface area contributed by atoms with Gasteiger partial charge in [0.15, 0.2) is 0 Å². The molecule has 1 aliphatic rings. The highest BCUT2D eigenvalue weighted by atomic mass is 16.6. The molecule has 0 fully saturated rings. The molecular formula is C25H33N3O4. The highest BCUT2D eigenvalue weighted by Gasteiger charge is 2.32. The molecule has 1 atom stereocenters. The van der Waals surface area contributed by atoms with Crippen molar-refractivity contribution >= 4 is 17.7 Å². The number of esters is 1. The highest BCUT2D eigenvalue weighted by Crippen LogP contribution is 2.33. The number of nitrogens with one attached hydrogen (secondary N) is 2. The molecule has 1 amide bonds. The van der Waals surface area contributed by atoms with Gasteiger partial charge in [-0.25, -0.2) is 9.59 Å². The molecule has 7 heteroatoms. The predicted molar refractivity (Wildman–Crippen MR) is 124 cm³/mol. The van der Waals surface area contributed by atoms with E-state index in [0.29, 0.717) is 26.2 Å². The predicted octanol–water partition coefficient (Wildman–Crippen LogP) is 4.24. The lowest BCUT2D eigenvalue weighted by Gasteiger charge is -2.26. The first-order valence-corrected chi connectivity index (χ1v) is 11.0. The van der Waals surface area contributed by atoms with Crippen LogP contribution in [-0.2, 0) is 27.4 Å². The second kappa shape index (κ2) is 10.5. The number of hydrogen-bond acceptors (Lipinski definition) is 6. The van der Waals surface area contributed by atoms with Gasteiger partial charge in [0.1, 0.15) is 11.6 Å². The molecule has 0 aliphatic carbocycles. The molecule has 3 rings (SSSR count). The van der Waals surface area contributed by atoms with E-state index < -0.39 is 17.7 Å². The van der Waals surface area contributed by atoms with Gasteiger partial charge in [0.2, 0.25) is 0 Å². The van der Waals surface area contributed by atoms with Gasteiger partial charge >= 0.3 is 12.1 Å². The van der Waals surface area contributed by atoms with E-state index in [1.807, 2.05) is 57.2 Å². The third-order valence-electron chi connectivity index (χ3n) is 5.21. The van der Waals surface area contributed by atoms with Gasteiger partial charge in [-0.1, -0.05) is 36.4 Å². The second-order valence-corrected chi connectivity index (χ2v) is 8.93. The first-order valence-electron chi connectivity index (χ1n) is 11.0. The average Bonchev–Trinajstić information content (AvgIpc) is 3.16. The van der Waals surface area contributed by atoms with E-state index in [4.69, 9.17) is 9.47 Å². The summed E-state index contributed by atoms with van der Waals surface area (Å²) in [5.41, 5.74) is 3.80. The van der Waals surface area contributed by atoms with E-state index in [-0.39, 0.29) is 5.97 Å². The molecule has 0 radical (unpaired) electrons. The van der Waals surface area contributed by atoms with E-state index in [9.17, 15) is 9.59 Å². The van der Waals surface area contributed by atoms with Gasteiger partial charge in [-0.2, -0.15) is 0 Å². The number of hydrogen-bond donors (Lipinski definition) is 2. The fraction of sp³-hybridized carbons (Fsp3) is 0.440. The third kappa shape index (κ3) is 6.47. The van der Waals surface area contributed by atoms with Crippen molar-refractivity contribution in [1.29, 1.82) is 0 Å². The summed E-state index contributed by atoms with van der Waals surface area (Å²) in [6.07, 6.45) is 0.331. The quantitative estimate of drug-likeness (QED) is 0.473. The number of nitrogens with zero attached hydrogens (tertiary/aromatic N) is 1. The summed E-state index contributed by atoms with van der Waals surface area (Å²) in [4.78, 5) is 26.5. The fourth-order valence-electron chi connectivity index (χ4n) is 3.79. The second-order valence-electron chi connectivity index (χ2n) is 8.93. The monoisotopic (exact) mass is 439 g/mol. The van der Waals surface area contributed by atoms with Gasteiger partial charge < -0.3 is 20.1 Å². The number of fused-ring (bicyclic) bond motifs is 1. The Morgan fingerprint density at radius 3 is 2.34 bits per heavy atom. The Balaban J connectivity index is 1.57. The standard InChI is InChI=1S/C25H33N3O4/c1-25(2,3)32-24(30)27-14-8-13-26-21-12-7-11-18(15-21)22(23(29)31-4)28-16-19-9-5-6-10-20(19)17-28/h5-7,9-12,15,22,26H,8,13-14,16-17H2,1-4H3,(H,27,30)/t22-/m0/s1. The van der Waals surface area contributed by atoms with Crippen LogP contribution in [0.25, 0.3) is 0 Å². The molecule has 172 valence electrons. The Morgan fingerprint density at radius 1 is 1.03 bits per heavy atom. The van der Waals surface area contributed by atoms with E-state index in [1.165, 1.54) is 18.2 Å². The summed E-state index contributed by atoms with van der Waals surface area (Å²) in [7, 11) is 1.43. The van der Waals surface area contributed by atoms with Gasteiger partial charge in [0.05, 0.1) is 7.11 Å². The number of ether oxygens (including phenoxy) is 2. The maximum Gasteiger partial charge on any atom is 0.407 e. The van der Waals surface area contributed by atoms with Crippen molar-refractivity contribution in [3.63, 3.8) is 0 Å². The van der Waals surface area contributed by atoms with Crippen LogP contribution in [0.5, 0.6) is 0 Å². The summed E-state index contributed by atoms with van der Waals surface area (Å²) < 4.78 is 10.4. The molecule has 0 unspecified atom stereocenters. The molecule has 0 spiro atoms. The van der Waals surface area contributed by atoms with Crippen LogP contribution in [0.1, 0.15) is 49.9 Å². The van der Waals surface area contributed by atoms with Gasteiger partial charge in [0, 0.05) is 31.9 Å². The molecule has 7 nitrogen and oxygen atoms in total. The van der Waals surface area contributed by atoms with E-state index in [1.54, 1.807) is 0 Å². The van der Waals surface area contributed by atoms with Gasteiger partial charge in [-0.05, 0) is 56.0 Å². The Morgan fingerprint density at radius 2 is 1.72 bits per heavy atom. The largest absolute Gasteiger partial charge is 0.468 e.